The van der Waals surface area contributed by atoms with Crippen LogP contribution in [0.1, 0.15) is 11.1 Å². The second-order valence-electron chi connectivity index (χ2n) is 6.37. The smallest absolute Gasteiger partial charge is 0.119 e. The molecular formula is C22H19ClN2O. The highest BCUT2D eigenvalue weighted by atomic mass is 35.5. The molecule has 4 rings (SSSR count). The van der Waals surface area contributed by atoms with Crippen molar-refractivity contribution in [1.29, 1.82) is 0 Å². The molecule has 3 nitrogen and oxygen atoms in total. The van der Waals surface area contributed by atoms with E-state index in [0.29, 0.717) is 5.02 Å². The highest BCUT2D eigenvalue weighted by Crippen LogP contribution is 2.34. The van der Waals surface area contributed by atoms with Gasteiger partial charge in [-0.3, -0.25) is 0 Å². The molecular weight excluding hydrogens is 344 g/mol. The van der Waals surface area contributed by atoms with E-state index in [1.165, 1.54) is 11.1 Å². The Balaban J connectivity index is 1.87. The molecule has 0 bridgehead atoms. The van der Waals surface area contributed by atoms with E-state index in [0.717, 1.165) is 39.8 Å². The first-order valence-electron chi connectivity index (χ1n) is 8.50. The Kier molecular flexibility index (Phi) is 4.39. The fourth-order valence-electron chi connectivity index (χ4n) is 3.23. The van der Waals surface area contributed by atoms with Gasteiger partial charge in [-0.2, -0.15) is 0 Å². The monoisotopic (exact) mass is 362 g/mol. The van der Waals surface area contributed by atoms with Gasteiger partial charge in [0.25, 0.3) is 0 Å². The molecule has 1 heterocycles. The van der Waals surface area contributed by atoms with E-state index in [1.807, 2.05) is 36.4 Å². The molecule has 0 radical (unpaired) electrons. The standard InChI is InChI=1S/C22H19ClN2O/c1-14-4-3-5-15(10-14)13-24-22-18-8-6-16(23)11-21(18)25-20-9-7-17(26-2)12-19(20)22/h3-12H,13H2,1-2H3,(H,24,25). The highest BCUT2D eigenvalue weighted by Gasteiger charge is 2.11. The van der Waals surface area contributed by atoms with Crippen LogP contribution >= 0.6 is 11.6 Å². The molecule has 0 aliphatic heterocycles. The molecule has 3 aromatic carbocycles. The van der Waals surface area contributed by atoms with E-state index in [1.54, 1.807) is 7.11 Å². The fraction of sp³-hybridized carbons (Fsp3) is 0.136. The summed E-state index contributed by atoms with van der Waals surface area (Å²) in [7, 11) is 1.68. The Labute approximate surface area is 157 Å². The van der Waals surface area contributed by atoms with Crippen molar-refractivity contribution >= 4 is 39.1 Å². The van der Waals surface area contributed by atoms with Crippen molar-refractivity contribution in [3.8, 4) is 5.75 Å². The van der Waals surface area contributed by atoms with Crippen molar-refractivity contribution in [3.63, 3.8) is 0 Å². The molecule has 0 saturated heterocycles. The SMILES string of the molecule is COc1ccc2nc3cc(Cl)ccc3c(NCc3cccc(C)c3)c2c1. The van der Waals surface area contributed by atoms with Gasteiger partial charge in [0.1, 0.15) is 5.75 Å². The lowest BCUT2D eigenvalue weighted by atomic mass is 10.1. The van der Waals surface area contributed by atoms with Gasteiger partial charge in [0, 0.05) is 22.3 Å². The Morgan fingerprint density at radius 2 is 1.85 bits per heavy atom. The second kappa shape index (κ2) is 6.85. The van der Waals surface area contributed by atoms with Crippen LogP contribution in [0.15, 0.2) is 60.7 Å². The van der Waals surface area contributed by atoms with E-state index < -0.39 is 0 Å². The predicted octanol–water partition coefficient (Wildman–Crippen LogP) is 5.97. The third-order valence-corrected chi connectivity index (χ3v) is 4.73. The molecule has 0 aliphatic carbocycles. The molecule has 0 unspecified atom stereocenters. The molecule has 4 heteroatoms. The van der Waals surface area contributed by atoms with Crippen LogP contribution in [-0.2, 0) is 6.54 Å². The molecule has 0 amide bonds. The number of aryl methyl sites for hydroxylation is 1. The van der Waals surface area contributed by atoms with Gasteiger partial charge in [0.2, 0.25) is 0 Å². The number of nitrogens with one attached hydrogen (secondary N) is 1. The largest absolute Gasteiger partial charge is 0.497 e. The summed E-state index contributed by atoms with van der Waals surface area (Å²) in [6, 6.07) is 20.2. The first kappa shape index (κ1) is 16.7. The zero-order valence-electron chi connectivity index (χ0n) is 14.7. The molecule has 130 valence electrons. The minimum absolute atomic E-state index is 0.683. The third kappa shape index (κ3) is 3.18. The number of pyridine rings is 1. The summed E-state index contributed by atoms with van der Waals surface area (Å²) in [6.07, 6.45) is 0. The van der Waals surface area contributed by atoms with Crippen LogP contribution in [0.25, 0.3) is 21.8 Å². The summed E-state index contributed by atoms with van der Waals surface area (Å²) in [5.74, 6) is 0.811. The van der Waals surface area contributed by atoms with Gasteiger partial charge >= 0.3 is 0 Å². The molecule has 1 aromatic heterocycles. The van der Waals surface area contributed by atoms with Gasteiger partial charge in [0.05, 0.1) is 23.8 Å². The molecule has 26 heavy (non-hydrogen) atoms. The van der Waals surface area contributed by atoms with Gasteiger partial charge in [-0.1, -0.05) is 41.4 Å². The maximum atomic E-state index is 6.18. The van der Waals surface area contributed by atoms with Gasteiger partial charge < -0.3 is 10.1 Å². The normalized spacial score (nSPS) is 11.0. The number of methoxy groups -OCH3 is 1. The van der Waals surface area contributed by atoms with Crippen molar-refractivity contribution in [2.24, 2.45) is 0 Å². The average molecular weight is 363 g/mol. The van der Waals surface area contributed by atoms with Crippen LogP contribution in [0.3, 0.4) is 0 Å². The van der Waals surface area contributed by atoms with Crippen LogP contribution in [0, 0.1) is 6.92 Å². The topological polar surface area (TPSA) is 34.1 Å². The van der Waals surface area contributed by atoms with Gasteiger partial charge in [-0.05, 0) is 48.9 Å². The highest BCUT2D eigenvalue weighted by molar-refractivity contribution is 6.31. The summed E-state index contributed by atoms with van der Waals surface area (Å²) >= 11 is 6.18. The first-order chi connectivity index (χ1) is 12.6. The Morgan fingerprint density at radius 3 is 2.65 bits per heavy atom. The first-order valence-corrected chi connectivity index (χ1v) is 8.88. The molecule has 0 fully saturated rings. The number of halogens is 1. The van der Waals surface area contributed by atoms with Crippen molar-refractivity contribution in [2.45, 2.75) is 13.5 Å². The summed E-state index contributed by atoms with van der Waals surface area (Å²) in [4.78, 5) is 4.76. The third-order valence-electron chi connectivity index (χ3n) is 4.49. The molecule has 0 saturated carbocycles. The summed E-state index contributed by atoms with van der Waals surface area (Å²) in [5.41, 5.74) is 5.32. The number of fused-ring (bicyclic) bond motifs is 2. The molecule has 0 aliphatic rings. The zero-order chi connectivity index (χ0) is 18.1. The van der Waals surface area contributed by atoms with Gasteiger partial charge in [-0.25, -0.2) is 4.98 Å². The van der Waals surface area contributed by atoms with Crippen LogP contribution in [0.5, 0.6) is 5.75 Å². The lowest BCUT2D eigenvalue weighted by Crippen LogP contribution is -2.02. The fourth-order valence-corrected chi connectivity index (χ4v) is 3.39. The average Bonchev–Trinajstić information content (AvgIpc) is 2.64. The number of hydrogen-bond acceptors (Lipinski definition) is 3. The number of nitrogens with zero attached hydrogens (tertiary/aromatic N) is 1. The summed E-state index contributed by atoms with van der Waals surface area (Å²) in [6.45, 7) is 2.84. The van der Waals surface area contributed by atoms with E-state index in [4.69, 9.17) is 21.3 Å². The van der Waals surface area contributed by atoms with Crippen LogP contribution in [0.4, 0.5) is 5.69 Å². The van der Waals surface area contributed by atoms with Crippen molar-refractivity contribution in [2.75, 3.05) is 12.4 Å². The van der Waals surface area contributed by atoms with Gasteiger partial charge in [-0.15, -0.1) is 0 Å². The van der Waals surface area contributed by atoms with Crippen molar-refractivity contribution in [1.82, 2.24) is 4.98 Å². The quantitative estimate of drug-likeness (QED) is 0.454. The minimum atomic E-state index is 0.683. The summed E-state index contributed by atoms with van der Waals surface area (Å²) in [5, 5.41) is 6.37. The Bertz CT molecular complexity index is 1110. The number of rotatable bonds is 4. The lowest BCUT2D eigenvalue weighted by molar-refractivity contribution is 0.415. The number of benzene rings is 3. The maximum Gasteiger partial charge on any atom is 0.119 e. The lowest BCUT2D eigenvalue weighted by Gasteiger charge is -2.14. The molecule has 1 N–H and O–H groups in total. The maximum absolute atomic E-state index is 6.18. The second-order valence-corrected chi connectivity index (χ2v) is 6.81. The van der Waals surface area contributed by atoms with E-state index in [9.17, 15) is 0 Å². The molecule has 0 atom stereocenters. The van der Waals surface area contributed by atoms with E-state index >= 15 is 0 Å². The Morgan fingerprint density at radius 1 is 0.962 bits per heavy atom. The van der Waals surface area contributed by atoms with Crippen molar-refractivity contribution < 1.29 is 4.74 Å². The summed E-state index contributed by atoms with van der Waals surface area (Å²) < 4.78 is 5.41. The molecule has 4 aromatic rings. The number of hydrogen-bond donors (Lipinski definition) is 1. The van der Waals surface area contributed by atoms with Crippen LogP contribution in [-0.4, -0.2) is 12.1 Å². The number of aromatic nitrogens is 1. The molecule has 0 spiro atoms. The van der Waals surface area contributed by atoms with E-state index in [-0.39, 0.29) is 0 Å². The zero-order valence-corrected chi connectivity index (χ0v) is 15.5. The Hall–Kier alpha value is -2.78. The van der Waals surface area contributed by atoms with Crippen LogP contribution in [0.2, 0.25) is 5.02 Å². The van der Waals surface area contributed by atoms with Gasteiger partial charge in [0.15, 0.2) is 0 Å². The van der Waals surface area contributed by atoms with E-state index in [2.05, 4.69) is 36.5 Å². The number of anilines is 1. The number of ether oxygens (including phenoxy) is 1. The van der Waals surface area contributed by atoms with Crippen molar-refractivity contribution in [3.05, 3.63) is 76.8 Å². The predicted molar refractivity (Wildman–Crippen MR) is 109 cm³/mol. The van der Waals surface area contributed by atoms with Crippen LogP contribution < -0.4 is 10.1 Å². The minimum Gasteiger partial charge on any atom is -0.497 e.